The van der Waals surface area contributed by atoms with Crippen molar-refractivity contribution in [1.29, 1.82) is 0 Å². The van der Waals surface area contributed by atoms with Crippen LogP contribution in [0.4, 0.5) is 5.82 Å². The lowest BCUT2D eigenvalue weighted by Crippen LogP contribution is -2.08. The zero-order chi connectivity index (χ0) is 13.8. The minimum absolute atomic E-state index is 0.820. The molecule has 0 amide bonds. The lowest BCUT2D eigenvalue weighted by molar-refractivity contribution is 0.965. The van der Waals surface area contributed by atoms with Crippen molar-refractivity contribution in [3.05, 3.63) is 47.4 Å². The van der Waals surface area contributed by atoms with E-state index in [4.69, 9.17) is 9.97 Å². The van der Waals surface area contributed by atoms with Crippen molar-refractivity contribution >= 4 is 29.3 Å². The summed E-state index contributed by atoms with van der Waals surface area (Å²) in [5.74, 6) is 4.82. The quantitative estimate of drug-likeness (QED) is 0.847. The average molecular weight is 303 g/mol. The third-order valence-electron chi connectivity index (χ3n) is 3.08. The highest BCUT2D eigenvalue weighted by atomic mass is 32.2. The van der Waals surface area contributed by atoms with Crippen molar-refractivity contribution in [2.24, 2.45) is 0 Å². The number of hydrogen-bond acceptors (Lipinski definition) is 5. The lowest BCUT2D eigenvalue weighted by atomic mass is 10.2. The van der Waals surface area contributed by atoms with Gasteiger partial charge >= 0.3 is 0 Å². The summed E-state index contributed by atoms with van der Waals surface area (Å²) in [6, 6.07) is 10.4. The summed E-state index contributed by atoms with van der Waals surface area (Å²) in [6.45, 7) is 3.01. The maximum Gasteiger partial charge on any atom is 0.141 e. The Labute approximate surface area is 128 Å². The van der Waals surface area contributed by atoms with E-state index in [0.717, 1.165) is 35.4 Å². The Balaban J connectivity index is 1.78. The van der Waals surface area contributed by atoms with Crippen LogP contribution in [0.1, 0.15) is 24.0 Å². The van der Waals surface area contributed by atoms with Gasteiger partial charge in [-0.2, -0.15) is 11.8 Å². The highest BCUT2D eigenvalue weighted by Crippen LogP contribution is 2.33. The molecule has 5 heteroatoms. The van der Waals surface area contributed by atoms with Crippen LogP contribution in [0.25, 0.3) is 0 Å². The Hall–Kier alpha value is -1.20. The standard InChI is InChI=1S/C15H17N3S2/c1-2-16-15-12-8-19-9-13(12)17-14(18-15)10-20-11-6-4-3-5-7-11/h3-7H,2,8-10H2,1H3,(H,16,17,18). The molecule has 0 unspecified atom stereocenters. The molecule has 1 N–H and O–H groups in total. The number of hydrogen-bond donors (Lipinski definition) is 1. The molecule has 0 aliphatic carbocycles. The molecular weight excluding hydrogens is 286 g/mol. The largest absolute Gasteiger partial charge is 0.370 e. The number of thioether (sulfide) groups is 2. The van der Waals surface area contributed by atoms with Crippen LogP contribution in [0.5, 0.6) is 0 Å². The van der Waals surface area contributed by atoms with Crippen LogP contribution in [0.15, 0.2) is 35.2 Å². The number of fused-ring (bicyclic) bond motifs is 1. The van der Waals surface area contributed by atoms with Crippen molar-refractivity contribution in [2.75, 3.05) is 11.9 Å². The molecule has 0 spiro atoms. The Bertz CT molecular complexity index is 587. The van der Waals surface area contributed by atoms with E-state index < -0.39 is 0 Å². The SMILES string of the molecule is CCNc1nc(CSc2ccccc2)nc2c1CSC2. The van der Waals surface area contributed by atoms with Crippen LogP contribution < -0.4 is 5.32 Å². The van der Waals surface area contributed by atoms with Crippen molar-refractivity contribution < 1.29 is 0 Å². The predicted molar refractivity (Wildman–Crippen MR) is 87.2 cm³/mol. The minimum Gasteiger partial charge on any atom is -0.370 e. The smallest absolute Gasteiger partial charge is 0.141 e. The van der Waals surface area contributed by atoms with E-state index in [-0.39, 0.29) is 0 Å². The number of aromatic nitrogens is 2. The van der Waals surface area contributed by atoms with Crippen LogP contribution in [0, 0.1) is 0 Å². The first kappa shape index (κ1) is 13.8. The van der Waals surface area contributed by atoms with Gasteiger partial charge in [0.1, 0.15) is 11.6 Å². The molecule has 0 saturated carbocycles. The van der Waals surface area contributed by atoms with E-state index in [1.807, 2.05) is 17.8 Å². The Morgan fingerprint density at radius 2 is 2.05 bits per heavy atom. The zero-order valence-electron chi connectivity index (χ0n) is 11.4. The number of nitrogens with zero attached hydrogens (tertiary/aromatic N) is 2. The van der Waals surface area contributed by atoms with Crippen LogP contribution >= 0.6 is 23.5 Å². The molecule has 2 aromatic rings. The lowest BCUT2D eigenvalue weighted by Gasteiger charge is -2.10. The van der Waals surface area contributed by atoms with Gasteiger partial charge in [-0.1, -0.05) is 18.2 Å². The molecule has 0 fully saturated rings. The Morgan fingerprint density at radius 1 is 1.20 bits per heavy atom. The van der Waals surface area contributed by atoms with Gasteiger partial charge in [0.05, 0.1) is 11.4 Å². The predicted octanol–water partition coefficient (Wildman–Crippen LogP) is 3.95. The second-order valence-corrected chi connectivity index (χ2v) is 6.57. The third kappa shape index (κ3) is 3.10. The van der Waals surface area contributed by atoms with Crippen LogP contribution in [-0.2, 0) is 17.3 Å². The fraction of sp³-hybridized carbons (Fsp3) is 0.333. The first-order valence-electron chi connectivity index (χ1n) is 6.75. The normalized spacial score (nSPS) is 13.2. The second-order valence-electron chi connectivity index (χ2n) is 4.54. The summed E-state index contributed by atoms with van der Waals surface area (Å²) in [6.07, 6.45) is 0. The molecule has 2 heterocycles. The van der Waals surface area contributed by atoms with Gasteiger partial charge < -0.3 is 5.32 Å². The van der Waals surface area contributed by atoms with E-state index in [0.29, 0.717) is 0 Å². The van der Waals surface area contributed by atoms with Gasteiger partial charge in [0, 0.05) is 28.5 Å². The summed E-state index contributed by atoms with van der Waals surface area (Å²) < 4.78 is 0. The van der Waals surface area contributed by atoms with Crippen LogP contribution in [0.2, 0.25) is 0 Å². The second kappa shape index (κ2) is 6.50. The van der Waals surface area contributed by atoms with Crippen LogP contribution in [-0.4, -0.2) is 16.5 Å². The van der Waals surface area contributed by atoms with Crippen LogP contribution in [0.3, 0.4) is 0 Å². The maximum absolute atomic E-state index is 4.72. The van der Waals surface area contributed by atoms with E-state index in [9.17, 15) is 0 Å². The van der Waals surface area contributed by atoms with Gasteiger partial charge in [0.25, 0.3) is 0 Å². The number of anilines is 1. The molecule has 0 saturated heterocycles. The van der Waals surface area contributed by atoms with Gasteiger partial charge in [-0.25, -0.2) is 9.97 Å². The molecule has 0 radical (unpaired) electrons. The summed E-state index contributed by atoms with van der Waals surface area (Å²) in [5, 5.41) is 3.37. The molecule has 104 valence electrons. The van der Waals surface area contributed by atoms with Crippen molar-refractivity contribution in [1.82, 2.24) is 9.97 Å². The summed E-state index contributed by atoms with van der Waals surface area (Å²) in [5.41, 5.74) is 2.51. The Morgan fingerprint density at radius 3 is 2.85 bits per heavy atom. The molecule has 1 aliphatic rings. The number of benzene rings is 1. The van der Waals surface area contributed by atoms with E-state index in [1.165, 1.54) is 16.2 Å². The molecule has 1 aromatic heterocycles. The van der Waals surface area contributed by atoms with Crippen molar-refractivity contribution in [3.63, 3.8) is 0 Å². The maximum atomic E-state index is 4.72. The van der Waals surface area contributed by atoms with E-state index >= 15 is 0 Å². The summed E-state index contributed by atoms with van der Waals surface area (Å²) in [7, 11) is 0. The average Bonchev–Trinajstić information content (AvgIpc) is 2.95. The molecular formula is C15H17N3S2. The fourth-order valence-electron chi connectivity index (χ4n) is 2.15. The van der Waals surface area contributed by atoms with Crippen molar-refractivity contribution in [2.45, 2.75) is 29.1 Å². The molecule has 0 bridgehead atoms. The monoisotopic (exact) mass is 303 g/mol. The zero-order valence-corrected chi connectivity index (χ0v) is 13.1. The molecule has 1 aliphatic heterocycles. The number of nitrogens with one attached hydrogen (secondary N) is 1. The van der Waals surface area contributed by atoms with Gasteiger partial charge in [0.15, 0.2) is 0 Å². The first-order chi connectivity index (χ1) is 9.86. The van der Waals surface area contributed by atoms with Gasteiger partial charge in [0.2, 0.25) is 0 Å². The molecule has 0 atom stereocenters. The van der Waals surface area contributed by atoms with Gasteiger partial charge in [-0.15, -0.1) is 11.8 Å². The summed E-state index contributed by atoms with van der Waals surface area (Å²) in [4.78, 5) is 10.7. The fourth-order valence-corrected chi connectivity index (χ4v) is 3.96. The third-order valence-corrected chi connectivity index (χ3v) is 5.06. The van der Waals surface area contributed by atoms with Gasteiger partial charge in [-0.05, 0) is 19.1 Å². The summed E-state index contributed by atoms with van der Waals surface area (Å²) >= 11 is 3.70. The first-order valence-corrected chi connectivity index (χ1v) is 8.89. The minimum atomic E-state index is 0.820. The Kier molecular flexibility index (Phi) is 4.47. The highest BCUT2D eigenvalue weighted by Gasteiger charge is 2.19. The van der Waals surface area contributed by atoms with E-state index in [1.54, 1.807) is 11.8 Å². The van der Waals surface area contributed by atoms with Gasteiger partial charge in [-0.3, -0.25) is 0 Å². The number of rotatable bonds is 5. The topological polar surface area (TPSA) is 37.8 Å². The molecule has 1 aromatic carbocycles. The molecule has 3 rings (SSSR count). The molecule has 20 heavy (non-hydrogen) atoms. The van der Waals surface area contributed by atoms with Crippen molar-refractivity contribution in [3.8, 4) is 0 Å². The molecule has 3 nitrogen and oxygen atoms in total. The highest BCUT2D eigenvalue weighted by molar-refractivity contribution is 7.98. The van der Waals surface area contributed by atoms with E-state index in [2.05, 4.69) is 36.5 Å².